The van der Waals surface area contributed by atoms with E-state index in [1.165, 1.54) is 16.7 Å². The molecule has 13 rings (SSSR count). The van der Waals surface area contributed by atoms with E-state index in [1.54, 1.807) is 0 Å². The van der Waals surface area contributed by atoms with Crippen LogP contribution in [0.3, 0.4) is 0 Å². The summed E-state index contributed by atoms with van der Waals surface area (Å²) in [4.78, 5) is 20.7. The van der Waals surface area contributed by atoms with Crippen LogP contribution < -0.4 is 0 Å². The Morgan fingerprint density at radius 1 is 0.418 bits per heavy atom. The highest BCUT2D eigenvalue weighted by atomic mass is 15.2. The molecule has 0 amide bonds. The lowest BCUT2D eigenvalue weighted by Crippen LogP contribution is -2.38. The van der Waals surface area contributed by atoms with Crippen molar-refractivity contribution in [2.45, 2.75) is 42.6 Å². The van der Waals surface area contributed by atoms with Gasteiger partial charge in [0.2, 0.25) is 12.4 Å². The second-order valence-corrected chi connectivity index (χ2v) is 19.3. The zero-order valence-corrected chi connectivity index (χ0v) is 37.8. The molecule has 0 saturated carbocycles. The van der Waals surface area contributed by atoms with E-state index in [1.807, 2.05) is 36.4 Å². The van der Waals surface area contributed by atoms with Crippen LogP contribution in [-0.2, 0) is 21.8 Å². The Kier molecular flexibility index (Phi) is 8.29. The first-order valence-electron chi connectivity index (χ1n) is 23.1. The maximum absolute atomic E-state index is 5.34. The molecule has 318 valence electrons. The molecule has 1 aliphatic heterocycles. The van der Waals surface area contributed by atoms with Gasteiger partial charge in [0.05, 0.1) is 39.2 Å². The fraction of sp³-hybridized carbons (Fsp3) is 0.131. The van der Waals surface area contributed by atoms with Crippen LogP contribution >= 0.6 is 0 Å². The zero-order chi connectivity index (χ0) is 45.1. The number of hydrogen-bond donors (Lipinski definition) is 0. The summed E-state index contributed by atoms with van der Waals surface area (Å²) in [5.74, 6) is 0. The van der Waals surface area contributed by atoms with Crippen LogP contribution in [0.5, 0.6) is 0 Å². The molecule has 3 unspecified atom stereocenters. The van der Waals surface area contributed by atoms with Crippen molar-refractivity contribution in [2.75, 3.05) is 7.05 Å². The molecule has 3 aliphatic carbocycles. The van der Waals surface area contributed by atoms with E-state index in [4.69, 9.17) is 19.9 Å². The molecule has 6 heteroatoms. The van der Waals surface area contributed by atoms with Gasteiger partial charge in [0.25, 0.3) is 5.54 Å². The van der Waals surface area contributed by atoms with Crippen molar-refractivity contribution >= 4 is 6.01 Å². The Hall–Kier alpha value is -8.18. The first-order chi connectivity index (χ1) is 32.8. The van der Waals surface area contributed by atoms with Gasteiger partial charge >= 0.3 is 6.01 Å². The molecule has 0 spiro atoms. The minimum atomic E-state index is -0.786. The molecule has 0 N–H and O–H groups in total. The molecule has 5 heterocycles. The number of benzene rings is 5. The minimum absolute atomic E-state index is 0.0977. The number of hydrogen-bond acceptors (Lipinski definition) is 4. The monoisotopic (exact) mass is 862 g/mol. The molecule has 0 saturated heterocycles. The van der Waals surface area contributed by atoms with Crippen molar-refractivity contribution < 1.29 is 9.15 Å². The first-order valence-corrected chi connectivity index (χ1v) is 23.1. The van der Waals surface area contributed by atoms with E-state index < -0.39 is 16.4 Å². The van der Waals surface area contributed by atoms with Crippen LogP contribution in [0.2, 0.25) is 0 Å². The molecule has 6 nitrogen and oxygen atoms in total. The van der Waals surface area contributed by atoms with Crippen molar-refractivity contribution in [3.05, 3.63) is 274 Å². The van der Waals surface area contributed by atoms with Gasteiger partial charge in [-0.05, 0) is 92.4 Å². The summed E-state index contributed by atoms with van der Waals surface area (Å²) in [6, 6.07) is 66.2. The Labute approximate surface area is 390 Å². The Morgan fingerprint density at radius 2 is 0.896 bits per heavy atom. The van der Waals surface area contributed by atoms with Gasteiger partial charge in [-0.25, -0.2) is 0 Å². The highest BCUT2D eigenvalue weighted by Gasteiger charge is 2.58. The van der Waals surface area contributed by atoms with Gasteiger partial charge in [0, 0.05) is 52.6 Å². The van der Waals surface area contributed by atoms with E-state index in [0.717, 1.165) is 84.0 Å². The lowest BCUT2D eigenvalue weighted by Gasteiger charge is -2.37. The largest absolute Gasteiger partial charge is 0.490 e. The molecule has 0 bridgehead atoms. The minimum Gasteiger partial charge on any atom is -0.260 e. The number of nitrogens with zero attached hydrogens (tertiary/aromatic N) is 6. The average Bonchev–Trinajstić information content (AvgIpc) is 4.11. The molecule has 4 aromatic heterocycles. The van der Waals surface area contributed by atoms with Crippen molar-refractivity contribution in [3.63, 3.8) is 0 Å². The molecule has 0 fully saturated rings. The quantitative estimate of drug-likeness (QED) is 0.156. The summed E-state index contributed by atoms with van der Waals surface area (Å²) in [6.45, 7) is 6.82. The van der Waals surface area contributed by atoms with Crippen molar-refractivity contribution in [1.82, 2.24) is 19.9 Å². The van der Waals surface area contributed by atoms with Crippen LogP contribution in [0, 0.1) is 0 Å². The topological polar surface area (TPSA) is 57.6 Å². The molecule has 67 heavy (non-hydrogen) atoms. The number of rotatable bonds is 6. The van der Waals surface area contributed by atoms with Gasteiger partial charge in [-0.2, -0.15) is 0 Å². The van der Waals surface area contributed by atoms with Gasteiger partial charge in [-0.3, -0.25) is 19.9 Å². The molecule has 9 aromatic rings. The number of aromatic nitrogens is 4. The fourth-order valence-corrected chi connectivity index (χ4v) is 12.1. The SMILES string of the molecule is C[N+]1=C=[N+](C2(c3cccc(C4(c5cccc(C6(c7cc(C(C)(C)C)ccn7)c7ccccc7-c7ncccc76)c5)c5ccccc5-c5ncccc54)c3)c3ccccc3-c3ncccc32)C=C1. The normalized spacial score (nSPS) is 20.3. The molecular weight excluding hydrogens is 817 g/mol. The second kappa shape index (κ2) is 14.2. The van der Waals surface area contributed by atoms with Crippen LogP contribution in [0.15, 0.2) is 207 Å². The highest BCUT2D eigenvalue weighted by Crippen LogP contribution is 2.60. The number of pyridine rings is 4. The van der Waals surface area contributed by atoms with Crippen molar-refractivity contribution in [2.24, 2.45) is 0 Å². The van der Waals surface area contributed by atoms with Gasteiger partial charge < -0.3 is 0 Å². The standard InChI is InChI=1S/C61H46N6/c1-58(2,3)40-29-33-62-54(38-40)60(49-24-9-6-21-46(49)56-52(60)27-14-31-64-56)43-18-11-16-41(36-43)59(48-23-8-5-20-45(48)55-51(59)26-13-30-63-55)42-17-12-19-44(37-42)61(67-35-34-66(4)39-67)50-25-10-7-22-47(50)57-53(61)28-15-32-65-57/h5-38H,1-4H3/q+2. The van der Waals surface area contributed by atoms with E-state index in [2.05, 4.69) is 214 Å². The van der Waals surface area contributed by atoms with Gasteiger partial charge in [0.1, 0.15) is 0 Å². The van der Waals surface area contributed by atoms with Gasteiger partial charge in [0.15, 0.2) is 7.05 Å². The summed E-state index contributed by atoms with van der Waals surface area (Å²) in [6.07, 6.45) is 12.0. The first kappa shape index (κ1) is 39.2. The molecular formula is C61H46N6+2. The Bertz CT molecular complexity index is 3520. The van der Waals surface area contributed by atoms with E-state index in [0.29, 0.717) is 0 Å². The lowest BCUT2D eigenvalue weighted by molar-refractivity contribution is -0.533. The summed E-state index contributed by atoms with van der Waals surface area (Å²) in [7, 11) is 2.03. The van der Waals surface area contributed by atoms with Crippen LogP contribution in [0.1, 0.15) is 87.7 Å². The van der Waals surface area contributed by atoms with Crippen LogP contribution in [0.25, 0.3) is 33.8 Å². The Balaban J connectivity index is 1.13. The third kappa shape index (κ3) is 5.16. The second-order valence-electron chi connectivity index (χ2n) is 19.3. The fourth-order valence-electron chi connectivity index (χ4n) is 12.1. The van der Waals surface area contributed by atoms with Gasteiger partial charge in [-0.15, -0.1) is 0 Å². The predicted octanol–water partition coefficient (Wildman–Crippen LogP) is 11.9. The van der Waals surface area contributed by atoms with E-state index in [9.17, 15) is 0 Å². The van der Waals surface area contributed by atoms with Crippen LogP contribution in [0.4, 0.5) is 0 Å². The van der Waals surface area contributed by atoms with E-state index >= 15 is 0 Å². The molecule has 4 aliphatic rings. The third-order valence-electron chi connectivity index (χ3n) is 14.9. The van der Waals surface area contributed by atoms with Crippen LogP contribution in [-0.4, -0.2) is 42.1 Å². The number of fused-ring (bicyclic) bond motifs is 9. The Morgan fingerprint density at radius 3 is 1.49 bits per heavy atom. The predicted molar refractivity (Wildman–Crippen MR) is 263 cm³/mol. The zero-order valence-electron chi connectivity index (χ0n) is 37.8. The lowest BCUT2D eigenvalue weighted by atomic mass is 9.64. The van der Waals surface area contributed by atoms with E-state index in [-0.39, 0.29) is 5.41 Å². The van der Waals surface area contributed by atoms with Crippen molar-refractivity contribution in [3.8, 4) is 33.8 Å². The summed E-state index contributed by atoms with van der Waals surface area (Å²) >= 11 is 0. The third-order valence-corrected chi connectivity index (χ3v) is 14.9. The maximum Gasteiger partial charge on any atom is 0.490 e. The van der Waals surface area contributed by atoms with Gasteiger partial charge in [-0.1, -0.05) is 157 Å². The summed E-state index contributed by atoms with van der Waals surface area (Å²) in [5.41, 5.74) is 17.6. The highest BCUT2D eigenvalue weighted by molar-refractivity contribution is 5.87. The van der Waals surface area contributed by atoms with Crippen molar-refractivity contribution in [1.29, 1.82) is 0 Å². The smallest absolute Gasteiger partial charge is 0.260 e. The summed E-state index contributed by atoms with van der Waals surface area (Å²) in [5, 5.41) is 0. The summed E-state index contributed by atoms with van der Waals surface area (Å²) < 4.78 is 4.25. The molecule has 5 aromatic carbocycles. The molecule has 0 radical (unpaired) electrons. The maximum atomic E-state index is 5.34. The average molecular weight is 863 g/mol. The molecule has 3 atom stereocenters.